The summed E-state index contributed by atoms with van der Waals surface area (Å²) in [7, 11) is -1.40. The summed E-state index contributed by atoms with van der Waals surface area (Å²) in [4.78, 5) is -0.0617. The number of nitrogens with zero attached hydrogens (tertiary/aromatic N) is 1. The van der Waals surface area contributed by atoms with E-state index in [0.29, 0.717) is 11.1 Å². The van der Waals surface area contributed by atoms with Crippen molar-refractivity contribution in [3.8, 4) is 22.6 Å². The van der Waals surface area contributed by atoms with Crippen LogP contribution in [-0.4, -0.2) is 22.6 Å². The number of benzene rings is 3. The average molecular weight is 449 g/mol. The molecule has 0 fully saturated rings. The molecule has 3 aromatic carbocycles. The van der Waals surface area contributed by atoms with Crippen LogP contribution in [0.25, 0.3) is 11.1 Å². The number of ether oxygens (including phenoxy) is 2. The van der Waals surface area contributed by atoms with E-state index in [4.69, 9.17) is 9.47 Å². The van der Waals surface area contributed by atoms with Gasteiger partial charge in [-0.3, -0.25) is 4.31 Å². The van der Waals surface area contributed by atoms with E-state index >= 15 is 0 Å². The molecule has 0 atom stereocenters. The highest BCUT2D eigenvalue weighted by Gasteiger charge is 2.39. The Balaban J connectivity index is 2.00. The third-order valence-corrected chi connectivity index (χ3v) is 6.91. The Morgan fingerprint density at radius 3 is 2.13 bits per heavy atom. The van der Waals surface area contributed by atoms with Gasteiger partial charge >= 0.3 is 6.18 Å². The first-order chi connectivity index (χ1) is 14.7. The molecule has 0 bridgehead atoms. The van der Waals surface area contributed by atoms with Crippen molar-refractivity contribution in [1.82, 2.24) is 0 Å². The third-order valence-electron chi connectivity index (χ3n) is 5.11. The van der Waals surface area contributed by atoms with Gasteiger partial charge in [-0.2, -0.15) is 13.2 Å². The number of halogens is 3. The van der Waals surface area contributed by atoms with Gasteiger partial charge in [-0.1, -0.05) is 36.4 Å². The van der Waals surface area contributed by atoms with Gasteiger partial charge in [0.25, 0.3) is 10.0 Å². The second kappa shape index (κ2) is 7.49. The van der Waals surface area contributed by atoms with Gasteiger partial charge in [-0.15, -0.1) is 0 Å². The molecule has 1 heterocycles. The summed E-state index contributed by atoms with van der Waals surface area (Å²) < 4.78 is 78.9. The number of hydrogen-bond donors (Lipinski definition) is 0. The Bertz CT molecular complexity index is 1240. The highest BCUT2D eigenvalue weighted by molar-refractivity contribution is 7.93. The molecule has 0 saturated heterocycles. The number of methoxy groups -OCH3 is 2. The average Bonchev–Trinajstić information content (AvgIpc) is 2.75. The Morgan fingerprint density at radius 2 is 1.52 bits per heavy atom. The van der Waals surface area contributed by atoms with E-state index in [9.17, 15) is 21.6 Å². The molecule has 9 heteroatoms. The Kier molecular flexibility index (Phi) is 5.09. The molecule has 0 radical (unpaired) electrons. The Morgan fingerprint density at radius 1 is 0.871 bits per heavy atom. The summed E-state index contributed by atoms with van der Waals surface area (Å²) in [6.07, 6.45) is -4.62. The van der Waals surface area contributed by atoms with Crippen LogP contribution in [0, 0.1) is 0 Å². The highest BCUT2D eigenvalue weighted by Crippen LogP contribution is 2.49. The summed E-state index contributed by atoms with van der Waals surface area (Å²) in [5.41, 5.74) is 0.278. The minimum absolute atomic E-state index is 0.0432. The van der Waals surface area contributed by atoms with Gasteiger partial charge in [0, 0.05) is 17.2 Å². The van der Waals surface area contributed by atoms with Crippen molar-refractivity contribution in [1.29, 1.82) is 0 Å². The lowest BCUT2D eigenvalue weighted by molar-refractivity contribution is -0.137. The minimum atomic E-state index is -4.62. The molecule has 3 aromatic rings. The van der Waals surface area contributed by atoms with E-state index in [-0.39, 0.29) is 34.2 Å². The SMILES string of the molecule is COc1cc2c(cc1OC)S(=O)(=O)N(Cc1ccccc1)c1cc(C(F)(F)F)ccc1-2. The number of hydrogen-bond acceptors (Lipinski definition) is 4. The van der Waals surface area contributed by atoms with Crippen molar-refractivity contribution in [3.63, 3.8) is 0 Å². The largest absolute Gasteiger partial charge is 0.493 e. The van der Waals surface area contributed by atoms with Crippen molar-refractivity contribution in [2.45, 2.75) is 17.6 Å². The molecule has 0 unspecified atom stereocenters. The van der Waals surface area contributed by atoms with Crippen LogP contribution in [0.1, 0.15) is 11.1 Å². The predicted octanol–water partition coefficient (Wildman–Crippen LogP) is 5.10. The van der Waals surface area contributed by atoms with Gasteiger partial charge in [0.2, 0.25) is 0 Å². The zero-order valence-corrected chi connectivity index (χ0v) is 17.4. The standard InChI is InChI=1S/C22H18F3NO4S/c1-29-19-11-17-16-9-8-15(22(23,24)25)10-18(16)26(13-14-6-4-3-5-7-14)31(27,28)21(17)12-20(19)30-2/h3-12H,13H2,1-2H3. The second-order valence-electron chi connectivity index (χ2n) is 6.93. The van der Waals surface area contributed by atoms with Crippen LogP contribution >= 0.6 is 0 Å². The van der Waals surface area contributed by atoms with Gasteiger partial charge in [0.1, 0.15) is 0 Å². The number of rotatable bonds is 4. The zero-order chi connectivity index (χ0) is 22.4. The van der Waals surface area contributed by atoms with Gasteiger partial charge < -0.3 is 9.47 Å². The molecule has 5 nitrogen and oxygen atoms in total. The lowest BCUT2D eigenvalue weighted by Gasteiger charge is -2.33. The van der Waals surface area contributed by atoms with Crippen LogP contribution in [0.4, 0.5) is 18.9 Å². The van der Waals surface area contributed by atoms with Crippen LogP contribution in [0.5, 0.6) is 11.5 Å². The first-order valence-electron chi connectivity index (χ1n) is 9.21. The summed E-state index contributed by atoms with van der Waals surface area (Å²) in [6, 6.07) is 14.6. The fourth-order valence-electron chi connectivity index (χ4n) is 3.59. The Hall–Kier alpha value is -3.20. The topological polar surface area (TPSA) is 55.8 Å². The minimum Gasteiger partial charge on any atom is -0.493 e. The molecule has 1 aliphatic rings. The van der Waals surface area contributed by atoms with Crippen LogP contribution in [0.3, 0.4) is 0 Å². The molecular weight excluding hydrogens is 431 g/mol. The second-order valence-corrected chi connectivity index (χ2v) is 8.76. The monoisotopic (exact) mass is 449 g/mol. The molecule has 0 N–H and O–H groups in total. The quantitative estimate of drug-likeness (QED) is 0.556. The number of alkyl halides is 3. The van der Waals surface area contributed by atoms with E-state index in [1.807, 2.05) is 0 Å². The molecule has 0 amide bonds. The van der Waals surface area contributed by atoms with Crippen LogP contribution in [0.15, 0.2) is 65.6 Å². The molecule has 0 aromatic heterocycles. The van der Waals surface area contributed by atoms with Crippen molar-refractivity contribution < 1.29 is 31.1 Å². The number of fused-ring (bicyclic) bond motifs is 3. The molecule has 0 saturated carbocycles. The molecule has 4 rings (SSSR count). The van der Waals surface area contributed by atoms with Crippen LogP contribution in [-0.2, 0) is 22.7 Å². The van der Waals surface area contributed by atoms with Crippen molar-refractivity contribution >= 4 is 15.7 Å². The first kappa shape index (κ1) is 21.0. The van der Waals surface area contributed by atoms with E-state index in [0.717, 1.165) is 16.4 Å². The fourth-order valence-corrected chi connectivity index (χ4v) is 5.26. The predicted molar refractivity (Wildman–Crippen MR) is 110 cm³/mol. The molecule has 0 spiro atoms. The normalized spacial score (nSPS) is 14.5. The molecular formula is C22H18F3NO4S. The zero-order valence-electron chi connectivity index (χ0n) is 16.6. The highest BCUT2D eigenvalue weighted by atomic mass is 32.2. The van der Waals surface area contributed by atoms with E-state index in [1.54, 1.807) is 30.3 Å². The molecule has 1 aliphatic heterocycles. The maximum atomic E-state index is 13.5. The summed E-state index contributed by atoms with van der Waals surface area (Å²) in [5, 5.41) is 0. The summed E-state index contributed by atoms with van der Waals surface area (Å²) in [6.45, 7) is -0.120. The van der Waals surface area contributed by atoms with Gasteiger partial charge in [-0.25, -0.2) is 8.42 Å². The van der Waals surface area contributed by atoms with E-state index < -0.39 is 21.8 Å². The summed E-state index contributed by atoms with van der Waals surface area (Å²) in [5.74, 6) is 0.485. The first-order valence-corrected chi connectivity index (χ1v) is 10.6. The van der Waals surface area contributed by atoms with Gasteiger partial charge in [0.05, 0.1) is 36.9 Å². The smallest absolute Gasteiger partial charge is 0.416 e. The van der Waals surface area contributed by atoms with Crippen molar-refractivity contribution in [2.75, 3.05) is 18.5 Å². The van der Waals surface area contributed by atoms with Gasteiger partial charge in [0.15, 0.2) is 11.5 Å². The van der Waals surface area contributed by atoms with Crippen LogP contribution < -0.4 is 13.8 Å². The third kappa shape index (κ3) is 3.59. The van der Waals surface area contributed by atoms with E-state index in [1.165, 1.54) is 32.4 Å². The molecule has 0 aliphatic carbocycles. The maximum absolute atomic E-state index is 13.5. The molecule has 162 valence electrons. The van der Waals surface area contributed by atoms with Crippen molar-refractivity contribution in [2.24, 2.45) is 0 Å². The number of anilines is 1. The number of sulfonamides is 1. The lowest BCUT2D eigenvalue weighted by atomic mass is 9.99. The van der Waals surface area contributed by atoms with Crippen LogP contribution in [0.2, 0.25) is 0 Å². The molecule has 31 heavy (non-hydrogen) atoms. The Labute approximate surface area is 177 Å². The lowest BCUT2D eigenvalue weighted by Crippen LogP contribution is -2.34. The maximum Gasteiger partial charge on any atom is 0.416 e. The van der Waals surface area contributed by atoms with Gasteiger partial charge in [-0.05, 0) is 23.8 Å². The van der Waals surface area contributed by atoms with E-state index in [2.05, 4.69) is 0 Å². The van der Waals surface area contributed by atoms with Crippen molar-refractivity contribution in [3.05, 3.63) is 71.8 Å². The summed E-state index contributed by atoms with van der Waals surface area (Å²) >= 11 is 0. The fraction of sp³-hybridized carbons (Fsp3) is 0.182.